The molecule has 25 heavy (non-hydrogen) atoms. The van der Waals surface area contributed by atoms with E-state index in [2.05, 4.69) is 15.4 Å². The van der Waals surface area contributed by atoms with Crippen LogP contribution in [0.25, 0.3) is 0 Å². The van der Waals surface area contributed by atoms with Gasteiger partial charge in [-0.1, -0.05) is 49.6 Å². The number of benzene rings is 1. The Morgan fingerprint density at radius 3 is 2.56 bits per heavy atom. The molecule has 0 aromatic heterocycles. The lowest BCUT2D eigenvalue weighted by Crippen LogP contribution is -2.48. The van der Waals surface area contributed by atoms with Gasteiger partial charge in [-0.2, -0.15) is 0 Å². The Morgan fingerprint density at radius 1 is 1.16 bits per heavy atom. The minimum absolute atomic E-state index is 0.0479. The number of alkyl carbamates (subject to hydrolysis) is 1. The maximum atomic E-state index is 12.2. The van der Waals surface area contributed by atoms with Crippen LogP contribution in [0.4, 0.5) is 4.79 Å². The van der Waals surface area contributed by atoms with E-state index < -0.39 is 6.09 Å². The smallest absolute Gasteiger partial charge is 0.407 e. The minimum atomic E-state index is -0.417. The van der Waals surface area contributed by atoms with Crippen LogP contribution in [0.1, 0.15) is 37.7 Å². The number of hydrogen-bond acceptors (Lipinski definition) is 5. The SMILES string of the molecule is COC(=O)CNCC(NC(=O)OCc1ccccc1)C1CCCCC1. The van der Waals surface area contributed by atoms with E-state index >= 15 is 0 Å². The summed E-state index contributed by atoms with van der Waals surface area (Å²) in [6, 6.07) is 9.55. The number of nitrogens with one attached hydrogen (secondary N) is 2. The van der Waals surface area contributed by atoms with Crippen LogP contribution in [0.2, 0.25) is 0 Å². The zero-order valence-corrected chi connectivity index (χ0v) is 14.8. The second-order valence-corrected chi connectivity index (χ2v) is 6.42. The van der Waals surface area contributed by atoms with Crippen LogP contribution in [-0.4, -0.2) is 38.3 Å². The lowest BCUT2D eigenvalue weighted by atomic mass is 9.84. The molecule has 0 aliphatic heterocycles. The first-order chi connectivity index (χ1) is 12.2. The molecule has 1 atom stereocenters. The highest BCUT2D eigenvalue weighted by atomic mass is 16.5. The molecular weight excluding hydrogens is 320 g/mol. The maximum absolute atomic E-state index is 12.2. The molecule has 0 saturated heterocycles. The summed E-state index contributed by atoms with van der Waals surface area (Å²) in [5.74, 6) is 0.0946. The molecule has 1 aromatic carbocycles. The number of amides is 1. The average molecular weight is 348 g/mol. The van der Waals surface area contributed by atoms with Gasteiger partial charge in [0.1, 0.15) is 6.61 Å². The van der Waals surface area contributed by atoms with Crippen molar-refractivity contribution in [3.63, 3.8) is 0 Å². The lowest BCUT2D eigenvalue weighted by Gasteiger charge is -2.30. The van der Waals surface area contributed by atoms with Gasteiger partial charge in [0, 0.05) is 12.6 Å². The summed E-state index contributed by atoms with van der Waals surface area (Å²) in [6.45, 7) is 0.917. The van der Waals surface area contributed by atoms with Crippen molar-refractivity contribution >= 4 is 12.1 Å². The molecule has 1 aliphatic rings. The molecule has 2 rings (SSSR count). The monoisotopic (exact) mass is 348 g/mol. The zero-order valence-electron chi connectivity index (χ0n) is 14.8. The fourth-order valence-electron chi connectivity index (χ4n) is 3.19. The van der Waals surface area contributed by atoms with Crippen molar-refractivity contribution < 1.29 is 19.1 Å². The van der Waals surface area contributed by atoms with Crippen molar-refractivity contribution in [3.8, 4) is 0 Å². The maximum Gasteiger partial charge on any atom is 0.407 e. The van der Waals surface area contributed by atoms with Crippen LogP contribution in [0.3, 0.4) is 0 Å². The van der Waals surface area contributed by atoms with Crippen LogP contribution in [0.15, 0.2) is 30.3 Å². The number of methoxy groups -OCH3 is 1. The van der Waals surface area contributed by atoms with E-state index in [4.69, 9.17) is 4.74 Å². The normalized spacial score (nSPS) is 16.0. The first-order valence-electron chi connectivity index (χ1n) is 8.94. The third-order valence-electron chi connectivity index (χ3n) is 4.60. The number of carbonyl (C=O) groups is 2. The molecule has 138 valence electrons. The predicted molar refractivity (Wildman–Crippen MR) is 95.0 cm³/mol. The van der Waals surface area contributed by atoms with E-state index in [0.29, 0.717) is 12.5 Å². The van der Waals surface area contributed by atoms with Crippen molar-refractivity contribution in [2.24, 2.45) is 5.92 Å². The second-order valence-electron chi connectivity index (χ2n) is 6.42. The van der Waals surface area contributed by atoms with E-state index in [1.165, 1.54) is 26.4 Å². The van der Waals surface area contributed by atoms with Gasteiger partial charge in [0.05, 0.1) is 13.7 Å². The Bertz CT molecular complexity index is 529. The molecule has 1 unspecified atom stereocenters. The largest absolute Gasteiger partial charge is 0.468 e. The standard InChI is InChI=1S/C19H28N2O4/c1-24-18(22)13-20-12-17(16-10-6-3-7-11-16)21-19(23)25-14-15-8-4-2-5-9-15/h2,4-5,8-9,16-17,20H,3,6-7,10-14H2,1H3,(H,21,23). The number of esters is 1. The summed E-state index contributed by atoms with van der Waals surface area (Å²) in [5.41, 5.74) is 0.954. The molecule has 6 heteroatoms. The van der Waals surface area contributed by atoms with E-state index in [1.807, 2.05) is 30.3 Å². The summed E-state index contributed by atoms with van der Waals surface area (Å²) in [7, 11) is 1.36. The average Bonchev–Trinajstić information content (AvgIpc) is 2.67. The van der Waals surface area contributed by atoms with Crippen LogP contribution in [0.5, 0.6) is 0 Å². The Balaban J connectivity index is 1.82. The number of hydrogen-bond donors (Lipinski definition) is 2. The van der Waals surface area contributed by atoms with Gasteiger partial charge in [-0.15, -0.1) is 0 Å². The summed E-state index contributed by atoms with van der Waals surface area (Å²) < 4.78 is 9.96. The fourth-order valence-corrected chi connectivity index (χ4v) is 3.19. The third-order valence-corrected chi connectivity index (χ3v) is 4.60. The Kier molecular flexibility index (Phi) is 8.25. The van der Waals surface area contributed by atoms with Gasteiger partial charge in [-0.05, 0) is 24.3 Å². The van der Waals surface area contributed by atoms with Crippen molar-refractivity contribution in [2.75, 3.05) is 20.2 Å². The quantitative estimate of drug-likeness (QED) is 0.706. The molecule has 2 N–H and O–H groups in total. The minimum Gasteiger partial charge on any atom is -0.468 e. The van der Waals surface area contributed by atoms with Gasteiger partial charge in [-0.25, -0.2) is 4.79 Å². The first kappa shape index (κ1) is 19.2. The topological polar surface area (TPSA) is 76.7 Å². The Hall–Kier alpha value is -2.08. The van der Waals surface area contributed by atoms with Crippen LogP contribution in [-0.2, 0) is 20.9 Å². The van der Waals surface area contributed by atoms with Crippen molar-refractivity contribution in [1.82, 2.24) is 10.6 Å². The van der Waals surface area contributed by atoms with E-state index in [9.17, 15) is 9.59 Å². The van der Waals surface area contributed by atoms with E-state index in [0.717, 1.165) is 18.4 Å². The van der Waals surface area contributed by atoms with Gasteiger partial charge in [0.15, 0.2) is 0 Å². The molecule has 0 heterocycles. The van der Waals surface area contributed by atoms with Gasteiger partial charge in [0.2, 0.25) is 0 Å². The van der Waals surface area contributed by atoms with E-state index in [-0.39, 0.29) is 25.2 Å². The molecule has 1 aromatic rings. The van der Waals surface area contributed by atoms with Gasteiger partial charge in [-0.3, -0.25) is 4.79 Å². The van der Waals surface area contributed by atoms with Gasteiger partial charge >= 0.3 is 12.1 Å². The Labute approximate surface area is 149 Å². The predicted octanol–water partition coefficient (Wildman–Crippen LogP) is 2.62. The summed E-state index contributed by atoms with van der Waals surface area (Å²) in [6.07, 6.45) is 5.36. The highest BCUT2D eigenvalue weighted by molar-refractivity contribution is 5.71. The fraction of sp³-hybridized carbons (Fsp3) is 0.579. The molecule has 1 saturated carbocycles. The molecule has 1 fully saturated rings. The molecule has 1 amide bonds. The number of carbonyl (C=O) groups excluding carboxylic acids is 2. The van der Waals surface area contributed by atoms with Gasteiger partial charge < -0.3 is 20.1 Å². The van der Waals surface area contributed by atoms with E-state index in [1.54, 1.807) is 0 Å². The number of ether oxygens (including phenoxy) is 2. The molecule has 0 bridgehead atoms. The van der Waals surface area contributed by atoms with Crippen LogP contribution >= 0.6 is 0 Å². The molecule has 0 spiro atoms. The lowest BCUT2D eigenvalue weighted by molar-refractivity contribution is -0.139. The molecule has 6 nitrogen and oxygen atoms in total. The summed E-state index contributed by atoms with van der Waals surface area (Å²) in [4.78, 5) is 23.4. The molecule has 0 radical (unpaired) electrons. The highest BCUT2D eigenvalue weighted by Gasteiger charge is 2.25. The Morgan fingerprint density at radius 2 is 1.88 bits per heavy atom. The van der Waals surface area contributed by atoms with Crippen molar-refractivity contribution in [2.45, 2.75) is 44.8 Å². The van der Waals surface area contributed by atoms with Gasteiger partial charge in [0.25, 0.3) is 0 Å². The van der Waals surface area contributed by atoms with Crippen LogP contribution in [0, 0.1) is 5.92 Å². The molecule has 1 aliphatic carbocycles. The van der Waals surface area contributed by atoms with Crippen molar-refractivity contribution in [1.29, 1.82) is 0 Å². The zero-order chi connectivity index (χ0) is 17.9. The van der Waals surface area contributed by atoms with Crippen molar-refractivity contribution in [3.05, 3.63) is 35.9 Å². The summed E-state index contributed by atoms with van der Waals surface area (Å²) in [5, 5.41) is 6.04. The first-order valence-corrected chi connectivity index (χ1v) is 8.94. The second kappa shape index (κ2) is 10.7. The third kappa shape index (κ3) is 7.13. The highest BCUT2D eigenvalue weighted by Crippen LogP contribution is 2.26. The summed E-state index contributed by atoms with van der Waals surface area (Å²) >= 11 is 0. The van der Waals surface area contributed by atoms with Crippen LogP contribution < -0.4 is 10.6 Å². The number of rotatable bonds is 8. The molecular formula is C19H28N2O4.